The predicted octanol–water partition coefficient (Wildman–Crippen LogP) is 1.90. The van der Waals surface area contributed by atoms with Gasteiger partial charge in [0.15, 0.2) is 0 Å². The number of amides is 2. The first kappa shape index (κ1) is 13.3. The van der Waals surface area contributed by atoms with E-state index in [-0.39, 0.29) is 17.5 Å². The van der Waals surface area contributed by atoms with Crippen LogP contribution in [-0.2, 0) is 4.74 Å². The SMILES string of the molecule is CO[C@@H]1C[C@@H](N(C)C(=O)Nc2ccnnc2)C12CCC2. The van der Waals surface area contributed by atoms with E-state index in [0.717, 1.165) is 19.3 Å². The number of ether oxygens (including phenoxy) is 1. The molecule has 3 rings (SSSR count). The van der Waals surface area contributed by atoms with E-state index in [1.807, 2.05) is 11.9 Å². The Morgan fingerprint density at radius 2 is 2.30 bits per heavy atom. The zero-order chi connectivity index (χ0) is 14.2. The van der Waals surface area contributed by atoms with Crippen LogP contribution < -0.4 is 5.32 Å². The highest BCUT2D eigenvalue weighted by molar-refractivity contribution is 5.89. The van der Waals surface area contributed by atoms with Gasteiger partial charge in [0.25, 0.3) is 0 Å². The van der Waals surface area contributed by atoms with E-state index in [9.17, 15) is 4.79 Å². The normalized spacial score (nSPS) is 26.5. The highest BCUT2D eigenvalue weighted by Gasteiger charge is 2.60. The minimum Gasteiger partial charge on any atom is -0.381 e. The fourth-order valence-corrected chi connectivity index (χ4v) is 3.56. The van der Waals surface area contributed by atoms with Crippen LogP contribution in [0.15, 0.2) is 18.5 Å². The molecule has 0 aliphatic heterocycles. The molecule has 20 heavy (non-hydrogen) atoms. The summed E-state index contributed by atoms with van der Waals surface area (Å²) in [6.45, 7) is 0. The van der Waals surface area contributed by atoms with E-state index < -0.39 is 0 Å². The lowest BCUT2D eigenvalue weighted by atomic mass is 9.50. The number of carbonyl (C=O) groups is 1. The first-order valence-corrected chi connectivity index (χ1v) is 7.01. The fourth-order valence-electron chi connectivity index (χ4n) is 3.56. The van der Waals surface area contributed by atoms with Crippen molar-refractivity contribution in [2.45, 2.75) is 37.8 Å². The van der Waals surface area contributed by atoms with E-state index in [0.29, 0.717) is 11.8 Å². The van der Waals surface area contributed by atoms with Gasteiger partial charge in [0.1, 0.15) is 0 Å². The van der Waals surface area contributed by atoms with Crippen LogP contribution in [0.5, 0.6) is 0 Å². The Morgan fingerprint density at radius 1 is 1.50 bits per heavy atom. The van der Waals surface area contributed by atoms with E-state index in [4.69, 9.17) is 4.74 Å². The molecule has 108 valence electrons. The zero-order valence-corrected chi connectivity index (χ0v) is 11.9. The fraction of sp³-hybridized carbons (Fsp3) is 0.643. The van der Waals surface area contributed by atoms with Gasteiger partial charge in [0.05, 0.1) is 24.2 Å². The number of anilines is 1. The minimum absolute atomic E-state index is 0.0937. The molecule has 6 nitrogen and oxygen atoms in total. The molecular formula is C14H20N4O2. The highest BCUT2D eigenvalue weighted by Crippen LogP contribution is 2.58. The molecular weight excluding hydrogens is 256 g/mol. The molecule has 0 aromatic carbocycles. The largest absolute Gasteiger partial charge is 0.381 e. The standard InChI is InChI=1S/C14H20N4O2/c1-18(13(19)17-10-4-7-15-16-9-10)11-8-12(20-2)14(11)5-3-6-14/h4,7,9,11-12H,3,5-6,8H2,1-2H3,(H,15,17,19)/t11-,12-/m1/s1. The lowest BCUT2D eigenvalue weighted by Gasteiger charge is -2.62. The molecule has 1 spiro atoms. The van der Waals surface area contributed by atoms with Gasteiger partial charge in [-0.05, 0) is 25.3 Å². The maximum Gasteiger partial charge on any atom is 0.321 e. The number of aromatic nitrogens is 2. The molecule has 0 radical (unpaired) electrons. The van der Waals surface area contributed by atoms with E-state index in [1.54, 1.807) is 25.6 Å². The maximum absolute atomic E-state index is 12.3. The van der Waals surface area contributed by atoms with Gasteiger partial charge in [-0.1, -0.05) is 6.42 Å². The van der Waals surface area contributed by atoms with Crippen LogP contribution in [0.2, 0.25) is 0 Å². The van der Waals surface area contributed by atoms with E-state index in [2.05, 4.69) is 15.5 Å². The molecule has 2 fully saturated rings. The Hall–Kier alpha value is -1.69. The van der Waals surface area contributed by atoms with Gasteiger partial charge in [-0.25, -0.2) is 4.79 Å². The summed E-state index contributed by atoms with van der Waals surface area (Å²) in [4.78, 5) is 14.1. The summed E-state index contributed by atoms with van der Waals surface area (Å²) >= 11 is 0. The molecule has 6 heteroatoms. The van der Waals surface area contributed by atoms with Crippen LogP contribution in [0.1, 0.15) is 25.7 Å². The van der Waals surface area contributed by atoms with E-state index >= 15 is 0 Å². The van der Waals surface area contributed by atoms with Crippen molar-refractivity contribution >= 4 is 11.7 Å². The highest BCUT2D eigenvalue weighted by atomic mass is 16.5. The molecule has 0 bridgehead atoms. The summed E-state index contributed by atoms with van der Waals surface area (Å²) in [6, 6.07) is 1.91. The summed E-state index contributed by atoms with van der Waals surface area (Å²) in [6.07, 6.45) is 7.89. The number of carbonyl (C=O) groups excluding carboxylic acids is 1. The number of urea groups is 1. The summed E-state index contributed by atoms with van der Waals surface area (Å²) in [7, 11) is 3.63. The Labute approximate surface area is 118 Å². The topological polar surface area (TPSA) is 67.3 Å². The van der Waals surface area contributed by atoms with Crippen LogP contribution in [0.4, 0.5) is 10.5 Å². The van der Waals surface area contributed by atoms with Crippen molar-refractivity contribution in [2.75, 3.05) is 19.5 Å². The molecule has 2 aliphatic rings. The van der Waals surface area contributed by atoms with Gasteiger partial charge in [-0.3, -0.25) is 0 Å². The smallest absolute Gasteiger partial charge is 0.321 e. The molecule has 2 atom stereocenters. The predicted molar refractivity (Wildman–Crippen MR) is 74.3 cm³/mol. The number of rotatable bonds is 3. The third-order valence-electron chi connectivity index (χ3n) is 4.93. The quantitative estimate of drug-likeness (QED) is 0.915. The van der Waals surface area contributed by atoms with Crippen LogP contribution in [-0.4, -0.2) is 47.4 Å². The van der Waals surface area contributed by atoms with Crippen molar-refractivity contribution < 1.29 is 9.53 Å². The average molecular weight is 276 g/mol. The van der Waals surface area contributed by atoms with Gasteiger partial charge in [0.2, 0.25) is 0 Å². The second kappa shape index (κ2) is 5.01. The van der Waals surface area contributed by atoms with Gasteiger partial charge < -0.3 is 15.0 Å². The first-order valence-electron chi connectivity index (χ1n) is 7.01. The number of hydrogen-bond acceptors (Lipinski definition) is 4. The number of nitrogens with zero attached hydrogens (tertiary/aromatic N) is 3. The molecule has 0 saturated heterocycles. The molecule has 1 heterocycles. The number of nitrogens with one attached hydrogen (secondary N) is 1. The van der Waals surface area contributed by atoms with Gasteiger partial charge >= 0.3 is 6.03 Å². The molecule has 1 N–H and O–H groups in total. The maximum atomic E-state index is 12.3. The summed E-state index contributed by atoms with van der Waals surface area (Å²) in [5.74, 6) is 0. The number of hydrogen-bond donors (Lipinski definition) is 1. The van der Waals surface area contributed by atoms with Crippen molar-refractivity contribution in [3.05, 3.63) is 18.5 Å². The Balaban J connectivity index is 1.64. The lowest BCUT2D eigenvalue weighted by Crippen LogP contribution is -2.67. The van der Waals surface area contributed by atoms with Crippen LogP contribution in [0.25, 0.3) is 0 Å². The van der Waals surface area contributed by atoms with Crippen LogP contribution in [0.3, 0.4) is 0 Å². The Morgan fingerprint density at radius 3 is 2.85 bits per heavy atom. The van der Waals surface area contributed by atoms with Gasteiger partial charge in [0, 0.05) is 25.6 Å². The molecule has 0 unspecified atom stereocenters. The molecule has 2 saturated carbocycles. The van der Waals surface area contributed by atoms with Crippen molar-refractivity contribution in [1.29, 1.82) is 0 Å². The van der Waals surface area contributed by atoms with Crippen molar-refractivity contribution in [3.63, 3.8) is 0 Å². The first-order chi connectivity index (χ1) is 9.67. The zero-order valence-electron chi connectivity index (χ0n) is 11.9. The number of methoxy groups -OCH3 is 1. The van der Waals surface area contributed by atoms with Crippen LogP contribution in [0, 0.1) is 5.41 Å². The minimum atomic E-state index is -0.0937. The summed E-state index contributed by atoms with van der Waals surface area (Å²) in [5, 5.41) is 10.3. The average Bonchev–Trinajstić information content (AvgIpc) is 2.37. The molecule has 1 aromatic rings. The summed E-state index contributed by atoms with van der Waals surface area (Å²) in [5.41, 5.74) is 0.860. The van der Waals surface area contributed by atoms with Crippen molar-refractivity contribution in [1.82, 2.24) is 15.1 Å². The van der Waals surface area contributed by atoms with Gasteiger partial charge in [-0.15, -0.1) is 0 Å². The van der Waals surface area contributed by atoms with E-state index in [1.165, 1.54) is 6.42 Å². The second-order valence-electron chi connectivity index (χ2n) is 5.73. The molecule has 1 aromatic heterocycles. The Bertz CT molecular complexity index is 489. The lowest BCUT2D eigenvalue weighted by molar-refractivity contribution is -0.181. The van der Waals surface area contributed by atoms with Gasteiger partial charge in [-0.2, -0.15) is 10.2 Å². The Kier molecular flexibility index (Phi) is 3.33. The monoisotopic (exact) mass is 276 g/mol. The van der Waals surface area contributed by atoms with Crippen molar-refractivity contribution in [2.24, 2.45) is 5.41 Å². The molecule has 2 amide bonds. The summed E-state index contributed by atoms with van der Waals surface area (Å²) < 4.78 is 5.55. The third kappa shape index (κ3) is 1.95. The van der Waals surface area contributed by atoms with Crippen molar-refractivity contribution in [3.8, 4) is 0 Å². The second-order valence-corrected chi connectivity index (χ2v) is 5.73. The third-order valence-corrected chi connectivity index (χ3v) is 4.93. The molecule has 2 aliphatic carbocycles. The van der Waals surface area contributed by atoms with Crippen LogP contribution >= 0.6 is 0 Å².